The number of rotatable bonds is 3. The minimum absolute atomic E-state index is 0.184. The third kappa shape index (κ3) is 1.99. The van der Waals surface area contributed by atoms with Gasteiger partial charge in [0.05, 0.1) is 12.2 Å². The van der Waals surface area contributed by atoms with E-state index in [1.165, 1.54) is 6.08 Å². The summed E-state index contributed by atoms with van der Waals surface area (Å²) in [5, 5.41) is 0.604. The molecule has 0 saturated carbocycles. The molecule has 0 aliphatic carbocycles. The van der Waals surface area contributed by atoms with Gasteiger partial charge in [0.25, 0.3) is 0 Å². The molecule has 3 heteroatoms. The Bertz CT molecular complexity index is 256. The number of anilines is 2. The molecule has 1 rings (SSSR count). The molecule has 0 spiro atoms. The Morgan fingerprint density at radius 3 is 2.50 bits per heavy atom. The lowest BCUT2D eigenvalue weighted by molar-refractivity contribution is 0.455. The molecule has 0 heterocycles. The third-order valence-electron chi connectivity index (χ3n) is 1.46. The standard InChI is InChI=1S/C9H11FN2/c1-2-7-12(10)9-5-3-8(11)4-6-9/h2-6H,1,7,11H2. The van der Waals surface area contributed by atoms with Gasteiger partial charge in [-0.2, -0.15) is 0 Å². The van der Waals surface area contributed by atoms with E-state index in [0.717, 1.165) is 0 Å². The molecule has 0 bridgehead atoms. The van der Waals surface area contributed by atoms with Crippen LogP contribution in [0.25, 0.3) is 0 Å². The van der Waals surface area contributed by atoms with Crippen molar-refractivity contribution in [1.29, 1.82) is 0 Å². The van der Waals surface area contributed by atoms with Crippen LogP contribution < -0.4 is 10.9 Å². The summed E-state index contributed by atoms with van der Waals surface area (Å²) in [6, 6.07) is 6.56. The molecule has 12 heavy (non-hydrogen) atoms. The van der Waals surface area contributed by atoms with Gasteiger partial charge in [0.2, 0.25) is 0 Å². The van der Waals surface area contributed by atoms with Gasteiger partial charge in [-0.1, -0.05) is 10.6 Å². The molecule has 0 radical (unpaired) electrons. The summed E-state index contributed by atoms with van der Waals surface area (Å²) < 4.78 is 13.0. The monoisotopic (exact) mass is 166 g/mol. The number of nitrogen functional groups attached to an aromatic ring is 1. The van der Waals surface area contributed by atoms with E-state index in [-0.39, 0.29) is 6.54 Å². The van der Waals surface area contributed by atoms with E-state index >= 15 is 0 Å². The maximum atomic E-state index is 13.0. The van der Waals surface area contributed by atoms with Crippen LogP contribution >= 0.6 is 0 Å². The molecule has 0 aliphatic heterocycles. The van der Waals surface area contributed by atoms with Gasteiger partial charge in [-0.3, -0.25) is 0 Å². The van der Waals surface area contributed by atoms with Crippen LogP contribution in [0.5, 0.6) is 0 Å². The summed E-state index contributed by atoms with van der Waals surface area (Å²) in [7, 11) is 0. The zero-order chi connectivity index (χ0) is 8.97. The molecule has 2 nitrogen and oxygen atoms in total. The van der Waals surface area contributed by atoms with Gasteiger partial charge in [-0.15, -0.1) is 6.58 Å². The Labute approximate surface area is 71.0 Å². The van der Waals surface area contributed by atoms with E-state index < -0.39 is 0 Å². The molecule has 1 aromatic carbocycles. The van der Waals surface area contributed by atoms with Gasteiger partial charge >= 0.3 is 0 Å². The fourth-order valence-corrected chi connectivity index (χ4v) is 0.855. The van der Waals surface area contributed by atoms with Gasteiger partial charge in [-0.05, 0) is 24.3 Å². The highest BCUT2D eigenvalue weighted by atomic mass is 19.2. The number of nitrogens with two attached hydrogens (primary N) is 1. The van der Waals surface area contributed by atoms with Crippen LogP contribution in [0.2, 0.25) is 0 Å². The smallest absolute Gasteiger partial charge is 0.0692 e. The summed E-state index contributed by atoms with van der Waals surface area (Å²) in [6.45, 7) is 3.62. The zero-order valence-corrected chi connectivity index (χ0v) is 6.70. The van der Waals surface area contributed by atoms with E-state index in [1.807, 2.05) is 0 Å². The van der Waals surface area contributed by atoms with Crippen LogP contribution in [0.4, 0.5) is 15.9 Å². The van der Waals surface area contributed by atoms with Crippen molar-refractivity contribution in [3.63, 3.8) is 0 Å². The average Bonchev–Trinajstić information content (AvgIpc) is 2.06. The van der Waals surface area contributed by atoms with Crippen molar-refractivity contribution in [1.82, 2.24) is 0 Å². The number of hydrogen-bond acceptors (Lipinski definition) is 2. The number of halogens is 1. The Kier molecular flexibility index (Phi) is 2.69. The summed E-state index contributed by atoms with van der Waals surface area (Å²) in [5.41, 5.74) is 6.56. The quantitative estimate of drug-likeness (QED) is 0.423. The lowest BCUT2D eigenvalue weighted by atomic mass is 10.3. The van der Waals surface area contributed by atoms with Crippen molar-refractivity contribution in [2.75, 3.05) is 17.4 Å². The SMILES string of the molecule is C=CCN(F)c1ccc(N)cc1. The van der Waals surface area contributed by atoms with E-state index in [9.17, 15) is 4.48 Å². The molecule has 0 aliphatic rings. The van der Waals surface area contributed by atoms with Gasteiger partial charge in [-0.25, -0.2) is 5.12 Å². The Balaban J connectivity index is 2.74. The number of benzene rings is 1. The van der Waals surface area contributed by atoms with Crippen LogP contribution in [-0.2, 0) is 0 Å². The second-order valence-corrected chi connectivity index (χ2v) is 2.42. The Morgan fingerprint density at radius 1 is 1.42 bits per heavy atom. The van der Waals surface area contributed by atoms with Crippen LogP contribution in [0.3, 0.4) is 0 Å². The fraction of sp³-hybridized carbons (Fsp3) is 0.111. The molecule has 0 saturated heterocycles. The molecule has 64 valence electrons. The van der Waals surface area contributed by atoms with Crippen LogP contribution in [0.15, 0.2) is 36.9 Å². The fourth-order valence-electron chi connectivity index (χ4n) is 0.855. The minimum Gasteiger partial charge on any atom is -0.399 e. The van der Waals surface area contributed by atoms with E-state index in [2.05, 4.69) is 6.58 Å². The first kappa shape index (κ1) is 8.59. The Morgan fingerprint density at radius 2 is 2.00 bits per heavy atom. The predicted molar refractivity (Wildman–Crippen MR) is 49.5 cm³/mol. The van der Waals surface area contributed by atoms with Crippen LogP contribution in [0.1, 0.15) is 0 Å². The highest BCUT2D eigenvalue weighted by Gasteiger charge is 2.00. The predicted octanol–water partition coefficient (Wildman–Crippen LogP) is 2.15. The molecule has 1 aromatic rings. The van der Waals surface area contributed by atoms with Gasteiger partial charge in [0, 0.05) is 5.69 Å². The summed E-state index contributed by atoms with van der Waals surface area (Å²) in [4.78, 5) is 0. The van der Waals surface area contributed by atoms with Crippen molar-refractivity contribution < 1.29 is 4.48 Å². The second kappa shape index (κ2) is 3.76. The molecule has 2 N–H and O–H groups in total. The molecular formula is C9H11FN2. The zero-order valence-electron chi connectivity index (χ0n) is 6.70. The maximum Gasteiger partial charge on any atom is 0.0692 e. The average molecular weight is 166 g/mol. The molecule has 0 fully saturated rings. The number of hydrogen-bond donors (Lipinski definition) is 1. The Hall–Kier alpha value is -1.51. The number of nitrogens with zero attached hydrogens (tertiary/aromatic N) is 1. The summed E-state index contributed by atoms with van der Waals surface area (Å²) in [5.74, 6) is 0. The van der Waals surface area contributed by atoms with Crippen molar-refractivity contribution in [3.05, 3.63) is 36.9 Å². The summed E-state index contributed by atoms with van der Waals surface area (Å²) >= 11 is 0. The first-order chi connectivity index (χ1) is 5.74. The molecule has 0 atom stereocenters. The first-order valence-electron chi connectivity index (χ1n) is 3.64. The lowest BCUT2D eigenvalue weighted by Crippen LogP contribution is -2.10. The van der Waals surface area contributed by atoms with Crippen molar-refractivity contribution in [2.24, 2.45) is 0 Å². The van der Waals surface area contributed by atoms with Crippen molar-refractivity contribution in [3.8, 4) is 0 Å². The molecule has 0 amide bonds. The normalized spacial score (nSPS) is 9.42. The van der Waals surface area contributed by atoms with Crippen LogP contribution in [0, 0.1) is 0 Å². The van der Waals surface area contributed by atoms with E-state index in [4.69, 9.17) is 5.73 Å². The topological polar surface area (TPSA) is 29.3 Å². The molecule has 0 unspecified atom stereocenters. The van der Waals surface area contributed by atoms with Crippen molar-refractivity contribution >= 4 is 11.4 Å². The minimum atomic E-state index is 0.184. The summed E-state index contributed by atoms with van der Waals surface area (Å²) in [6.07, 6.45) is 1.50. The van der Waals surface area contributed by atoms with Gasteiger partial charge in [0.15, 0.2) is 0 Å². The van der Waals surface area contributed by atoms with E-state index in [1.54, 1.807) is 24.3 Å². The van der Waals surface area contributed by atoms with Gasteiger partial charge < -0.3 is 5.73 Å². The second-order valence-electron chi connectivity index (χ2n) is 2.42. The highest BCUT2D eigenvalue weighted by molar-refractivity contribution is 5.51. The maximum absolute atomic E-state index is 13.0. The van der Waals surface area contributed by atoms with Gasteiger partial charge in [0.1, 0.15) is 0 Å². The van der Waals surface area contributed by atoms with Crippen molar-refractivity contribution in [2.45, 2.75) is 0 Å². The molecule has 0 aromatic heterocycles. The first-order valence-corrected chi connectivity index (χ1v) is 3.64. The largest absolute Gasteiger partial charge is 0.399 e. The van der Waals surface area contributed by atoms with Crippen LogP contribution in [-0.4, -0.2) is 6.54 Å². The third-order valence-corrected chi connectivity index (χ3v) is 1.46. The lowest BCUT2D eigenvalue weighted by Gasteiger charge is -2.10. The highest BCUT2D eigenvalue weighted by Crippen LogP contribution is 2.15. The molecular weight excluding hydrogens is 155 g/mol. The van der Waals surface area contributed by atoms with E-state index in [0.29, 0.717) is 16.5 Å².